The van der Waals surface area contributed by atoms with Crippen LogP contribution in [0.5, 0.6) is 11.6 Å². The van der Waals surface area contributed by atoms with Gasteiger partial charge in [-0.05, 0) is 25.0 Å². The summed E-state index contributed by atoms with van der Waals surface area (Å²) in [6, 6.07) is 1.65. The second kappa shape index (κ2) is 5.47. The van der Waals surface area contributed by atoms with Crippen LogP contribution in [0.15, 0.2) is 12.3 Å². The molecular formula is C11H17NO2. The quantitative estimate of drug-likeness (QED) is 0.734. The van der Waals surface area contributed by atoms with E-state index in [1.54, 1.807) is 12.3 Å². The molecule has 0 aliphatic carbocycles. The zero-order valence-corrected chi connectivity index (χ0v) is 8.79. The highest BCUT2D eigenvalue weighted by atomic mass is 16.5. The molecule has 14 heavy (non-hydrogen) atoms. The molecular weight excluding hydrogens is 178 g/mol. The van der Waals surface area contributed by atoms with Crippen molar-refractivity contribution in [3.05, 3.63) is 17.8 Å². The number of aryl methyl sites for hydroxylation is 1. The van der Waals surface area contributed by atoms with Crippen molar-refractivity contribution in [2.45, 2.75) is 33.1 Å². The van der Waals surface area contributed by atoms with Gasteiger partial charge >= 0.3 is 0 Å². The monoisotopic (exact) mass is 195 g/mol. The molecule has 1 rings (SSSR count). The van der Waals surface area contributed by atoms with E-state index in [4.69, 9.17) is 4.74 Å². The summed E-state index contributed by atoms with van der Waals surface area (Å²) in [4.78, 5) is 4.00. The smallest absolute Gasteiger partial charge is 0.256 e. The number of ether oxygens (including phenoxy) is 1. The Kier molecular flexibility index (Phi) is 4.23. The van der Waals surface area contributed by atoms with Crippen LogP contribution in [0.25, 0.3) is 0 Å². The number of nitrogens with zero attached hydrogens (tertiary/aromatic N) is 1. The van der Waals surface area contributed by atoms with E-state index in [1.165, 1.54) is 0 Å². The van der Waals surface area contributed by atoms with Crippen LogP contribution in [0, 0.1) is 6.92 Å². The zero-order valence-electron chi connectivity index (χ0n) is 8.79. The van der Waals surface area contributed by atoms with Gasteiger partial charge in [0.1, 0.15) is 0 Å². The Morgan fingerprint density at radius 1 is 1.43 bits per heavy atom. The summed E-state index contributed by atoms with van der Waals surface area (Å²) < 4.78 is 5.33. The fourth-order valence-electron chi connectivity index (χ4n) is 1.17. The van der Waals surface area contributed by atoms with Gasteiger partial charge in [-0.1, -0.05) is 19.8 Å². The van der Waals surface area contributed by atoms with E-state index in [-0.39, 0.29) is 5.75 Å². The maximum atomic E-state index is 9.46. The van der Waals surface area contributed by atoms with Crippen molar-refractivity contribution >= 4 is 0 Å². The summed E-state index contributed by atoms with van der Waals surface area (Å²) in [6.45, 7) is 4.65. The molecule has 0 aromatic carbocycles. The number of pyridine rings is 1. The largest absolute Gasteiger partial charge is 0.503 e. The second-order valence-corrected chi connectivity index (χ2v) is 3.39. The summed E-state index contributed by atoms with van der Waals surface area (Å²) in [7, 11) is 0. The van der Waals surface area contributed by atoms with Crippen LogP contribution in [-0.4, -0.2) is 16.7 Å². The third-order valence-electron chi connectivity index (χ3n) is 1.96. The molecule has 0 unspecified atom stereocenters. The van der Waals surface area contributed by atoms with Crippen LogP contribution >= 0.6 is 0 Å². The van der Waals surface area contributed by atoms with Gasteiger partial charge in [0.15, 0.2) is 5.75 Å². The minimum atomic E-state index is 0.126. The molecule has 0 fully saturated rings. The van der Waals surface area contributed by atoms with Crippen molar-refractivity contribution < 1.29 is 9.84 Å². The fraction of sp³-hybridized carbons (Fsp3) is 0.545. The van der Waals surface area contributed by atoms with E-state index in [1.807, 2.05) is 6.92 Å². The lowest BCUT2D eigenvalue weighted by molar-refractivity contribution is 0.278. The number of rotatable bonds is 5. The average molecular weight is 195 g/mol. The molecule has 0 saturated heterocycles. The van der Waals surface area contributed by atoms with Crippen LogP contribution in [0.4, 0.5) is 0 Å². The van der Waals surface area contributed by atoms with Crippen LogP contribution in [-0.2, 0) is 0 Å². The lowest BCUT2D eigenvalue weighted by atomic mass is 10.3. The van der Waals surface area contributed by atoms with Crippen molar-refractivity contribution in [1.82, 2.24) is 4.98 Å². The van der Waals surface area contributed by atoms with E-state index in [0.29, 0.717) is 12.5 Å². The van der Waals surface area contributed by atoms with E-state index < -0.39 is 0 Å². The van der Waals surface area contributed by atoms with Gasteiger partial charge in [-0.15, -0.1) is 0 Å². The molecule has 0 aliphatic heterocycles. The summed E-state index contributed by atoms with van der Waals surface area (Å²) in [5.74, 6) is 0.466. The standard InChI is InChI=1S/C11H17NO2/c1-3-4-5-6-14-11-10(13)7-9(2)8-12-11/h7-8,13H,3-6H2,1-2H3. The minimum Gasteiger partial charge on any atom is -0.503 e. The molecule has 0 aliphatic rings. The van der Waals surface area contributed by atoms with Crippen molar-refractivity contribution in [3.63, 3.8) is 0 Å². The van der Waals surface area contributed by atoms with E-state index in [2.05, 4.69) is 11.9 Å². The highest BCUT2D eigenvalue weighted by molar-refractivity contribution is 5.34. The predicted octanol–water partition coefficient (Wildman–Crippen LogP) is 2.66. The predicted molar refractivity (Wildman–Crippen MR) is 55.7 cm³/mol. The Morgan fingerprint density at radius 3 is 2.86 bits per heavy atom. The number of hydrogen-bond donors (Lipinski definition) is 1. The van der Waals surface area contributed by atoms with Gasteiger partial charge in [0.25, 0.3) is 5.88 Å². The van der Waals surface area contributed by atoms with Crippen LogP contribution in [0.2, 0.25) is 0 Å². The van der Waals surface area contributed by atoms with Gasteiger partial charge in [-0.2, -0.15) is 0 Å². The van der Waals surface area contributed by atoms with Gasteiger partial charge in [0.05, 0.1) is 6.61 Å². The molecule has 3 nitrogen and oxygen atoms in total. The van der Waals surface area contributed by atoms with Gasteiger partial charge in [0.2, 0.25) is 0 Å². The maximum absolute atomic E-state index is 9.46. The molecule has 1 aromatic heterocycles. The molecule has 1 aromatic rings. The molecule has 0 radical (unpaired) electrons. The number of unbranched alkanes of at least 4 members (excludes halogenated alkanes) is 2. The first kappa shape index (κ1) is 10.8. The van der Waals surface area contributed by atoms with Gasteiger partial charge in [0, 0.05) is 6.20 Å². The summed E-state index contributed by atoms with van der Waals surface area (Å²) >= 11 is 0. The zero-order chi connectivity index (χ0) is 10.4. The van der Waals surface area contributed by atoms with Crippen LogP contribution in [0.1, 0.15) is 31.7 Å². The summed E-state index contributed by atoms with van der Waals surface area (Å²) in [5.41, 5.74) is 0.934. The topological polar surface area (TPSA) is 42.4 Å². The van der Waals surface area contributed by atoms with Crippen LogP contribution in [0.3, 0.4) is 0 Å². The second-order valence-electron chi connectivity index (χ2n) is 3.39. The third kappa shape index (κ3) is 3.24. The molecule has 0 saturated carbocycles. The Labute approximate surface area is 84.7 Å². The van der Waals surface area contributed by atoms with Crippen molar-refractivity contribution in [3.8, 4) is 11.6 Å². The number of aromatic nitrogens is 1. The highest BCUT2D eigenvalue weighted by Gasteiger charge is 2.02. The first-order valence-electron chi connectivity index (χ1n) is 5.02. The van der Waals surface area contributed by atoms with Crippen molar-refractivity contribution in [2.75, 3.05) is 6.61 Å². The minimum absolute atomic E-state index is 0.126. The molecule has 0 bridgehead atoms. The van der Waals surface area contributed by atoms with Gasteiger partial charge in [-0.25, -0.2) is 4.98 Å². The first-order chi connectivity index (χ1) is 6.74. The Bertz CT molecular complexity index is 287. The van der Waals surface area contributed by atoms with Gasteiger partial charge in [-0.3, -0.25) is 0 Å². The van der Waals surface area contributed by atoms with Crippen LogP contribution < -0.4 is 4.74 Å². The fourth-order valence-corrected chi connectivity index (χ4v) is 1.17. The molecule has 0 spiro atoms. The molecule has 1 N–H and O–H groups in total. The maximum Gasteiger partial charge on any atom is 0.256 e. The Balaban J connectivity index is 2.42. The molecule has 1 heterocycles. The third-order valence-corrected chi connectivity index (χ3v) is 1.96. The number of aromatic hydroxyl groups is 1. The van der Waals surface area contributed by atoms with E-state index >= 15 is 0 Å². The summed E-state index contributed by atoms with van der Waals surface area (Å²) in [6.07, 6.45) is 5.00. The average Bonchev–Trinajstić information content (AvgIpc) is 2.15. The van der Waals surface area contributed by atoms with E-state index in [0.717, 1.165) is 24.8 Å². The highest BCUT2D eigenvalue weighted by Crippen LogP contribution is 2.23. The normalized spacial score (nSPS) is 10.1. The SMILES string of the molecule is CCCCCOc1ncc(C)cc1O. The molecule has 3 heteroatoms. The lowest BCUT2D eigenvalue weighted by Gasteiger charge is -2.06. The van der Waals surface area contributed by atoms with E-state index in [9.17, 15) is 5.11 Å². The molecule has 78 valence electrons. The Hall–Kier alpha value is -1.25. The van der Waals surface area contributed by atoms with Gasteiger partial charge < -0.3 is 9.84 Å². The Morgan fingerprint density at radius 2 is 2.21 bits per heavy atom. The number of hydrogen-bond acceptors (Lipinski definition) is 3. The molecule has 0 atom stereocenters. The summed E-state index contributed by atoms with van der Waals surface area (Å²) in [5, 5.41) is 9.46. The van der Waals surface area contributed by atoms with Crippen molar-refractivity contribution in [1.29, 1.82) is 0 Å². The first-order valence-corrected chi connectivity index (χ1v) is 5.02. The van der Waals surface area contributed by atoms with Crippen molar-refractivity contribution in [2.24, 2.45) is 0 Å². The lowest BCUT2D eigenvalue weighted by Crippen LogP contribution is -1.99. The molecule has 0 amide bonds.